The summed E-state index contributed by atoms with van der Waals surface area (Å²) >= 11 is 0. The second-order valence-corrected chi connectivity index (χ2v) is 4.23. The Labute approximate surface area is 101 Å². The van der Waals surface area contributed by atoms with Gasteiger partial charge in [0.25, 0.3) is 0 Å². The molecule has 0 spiro atoms. The largest absolute Gasteiger partial charge is 0.437 e. The molecule has 2 aromatic rings. The lowest BCUT2D eigenvalue weighted by molar-refractivity contribution is 0.429. The average molecular weight is 231 g/mol. The van der Waals surface area contributed by atoms with Crippen LogP contribution in [0.25, 0.3) is 0 Å². The van der Waals surface area contributed by atoms with Crippen LogP contribution >= 0.6 is 0 Å². The molecule has 1 heterocycles. The SMILES string of the molecule is Cc1cccc(Oc2c(N)c(C)nn2C)c1C. The van der Waals surface area contributed by atoms with Gasteiger partial charge in [-0.05, 0) is 38.0 Å². The molecule has 4 heteroatoms. The van der Waals surface area contributed by atoms with Gasteiger partial charge in [0.2, 0.25) is 5.88 Å². The molecule has 0 unspecified atom stereocenters. The first-order valence-corrected chi connectivity index (χ1v) is 5.54. The molecule has 4 nitrogen and oxygen atoms in total. The maximum absolute atomic E-state index is 5.93. The number of nitrogen functional groups attached to an aromatic ring is 1. The Kier molecular flexibility index (Phi) is 2.79. The lowest BCUT2D eigenvalue weighted by Crippen LogP contribution is -1.98. The molecule has 0 aliphatic carbocycles. The summed E-state index contributed by atoms with van der Waals surface area (Å²) < 4.78 is 7.51. The molecule has 0 saturated heterocycles. The van der Waals surface area contributed by atoms with E-state index in [1.54, 1.807) is 4.68 Å². The third-order valence-electron chi connectivity index (χ3n) is 2.98. The van der Waals surface area contributed by atoms with Crippen LogP contribution in [0.4, 0.5) is 5.69 Å². The number of anilines is 1. The van der Waals surface area contributed by atoms with E-state index in [0.717, 1.165) is 17.0 Å². The number of nitrogens with two attached hydrogens (primary N) is 1. The summed E-state index contributed by atoms with van der Waals surface area (Å²) in [6.07, 6.45) is 0. The van der Waals surface area contributed by atoms with E-state index in [4.69, 9.17) is 10.5 Å². The number of aromatic nitrogens is 2. The van der Waals surface area contributed by atoms with Crippen molar-refractivity contribution < 1.29 is 4.74 Å². The van der Waals surface area contributed by atoms with Crippen molar-refractivity contribution in [1.82, 2.24) is 9.78 Å². The zero-order valence-corrected chi connectivity index (χ0v) is 10.6. The molecule has 17 heavy (non-hydrogen) atoms. The van der Waals surface area contributed by atoms with E-state index in [-0.39, 0.29) is 0 Å². The number of hydrogen-bond donors (Lipinski definition) is 1. The minimum Gasteiger partial charge on any atom is -0.437 e. The van der Waals surface area contributed by atoms with Crippen molar-refractivity contribution in [2.75, 3.05) is 5.73 Å². The lowest BCUT2D eigenvalue weighted by atomic mass is 10.1. The Morgan fingerprint density at radius 1 is 1.24 bits per heavy atom. The summed E-state index contributed by atoms with van der Waals surface area (Å²) in [6.45, 7) is 5.95. The Balaban J connectivity index is 2.41. The van der Waals surface area contributed by atoms with E-state index >= 15 is 0 Å². The number of rotatable bonds is 2. The third kappa shape index (κ3) is 1.98. The minimum absolute atomic E-state index is 0.591. The van der Waals surface area contributed by atoms with Crippen molar-refractivity contribution in [1.29, 1.82) is 0 Å². The molecular weight excluding hydrogens is 214 g/mol. The fourth-order valence-corrected chi connectivity index (χ4v) is 1.71. The highest BCUT2D eigenvalue weighted by atomic mass is 16.5. The number of aryl methyl sites for hydroxylation is 3. The molecule has 2 rings (SSSR count). The third-order valence-corrected chi connectivity index (χ3v) is 2.98. The van der Waals surface area contributed by atoms with Gasteiger partial charge in [0.1, 0.15) is 11.4 Å². The molecule has 0 aliphatic rings. The van der Waals surface area contributed by atoms with Gasteiger partial charge in [-0.2, -0.15) is 5.10 Å². The van der Waals surface area contributed by atoms with Crippen LogP contribution in [0, 0.1) is 20.8 Å². The van der Waals surface area contributed by atoms with Gasteiger partial charge in [-0.1, -0.05) is 12.1 Å². The van der Waals surface area contributed by atoms with E-state index in [2.05, 4.69) is 18.1 Å². The van der Waals surface area contributed by atoms with Crippen LogP contribution in [0.3, 0.4) is 0 Å². The average Bonchev–Trinajstić information content (AvgIpc) is 2.51. The van der Waals surface area contributed by atoms with Crippen molar-refractivity contribution in [3.63, 3.8) is 0 Å². The fourth-order valence-electron chi connectivity index (χ4n) is 1.71. The highest BCUT2D eigenvalue weighted by molar-refractivity contribution is 5.54. The van der Waals surface area contributed by atoms with Crippen LogP contribution in [0.5, 0.6) is 11.6 Å². The number of benzene rings is 1. The summed E-state index contributed by atoms with van der Waals surface area (Å²) in [5, 5.41) is 4.23. The van der Waals surface area contributed by atoms with Gasteiger partial charge >= 0.3 is 0 Å². The predicted octanol–water partition coefficient (Wildman–Crippen LogP) is 2.72. The quantitative estimate of drug-likeness (QED) is 0.864. The zero-order valence-electron chi connectivity index (χ0n) is 10.6. The highest BCUT2D eigenvalue weighted by Gasteiger charge is 2.13. The number of ether oxygens (including phenoxy) is 1. The Morgan fingerprint density at radius 2 is 1.94 bits per heavy atom. The van der Waals surface area contributed by atoms with E-state index in [1.165, 1.54) is 5.56 Å². The predicted molar refractivity (Wildman–Crippen MR) is 68.3 cm³/mol. The second kappa shape index (κ2) is 4.13. The first kappa shape index (κ1) is 11.5. The number of hydrogen-bond acceptors (Lipinski definition) is 3. The van der Waals surface area contributed by atoms with E-state index in [0.29, 0.717) is 11.6 Å². The Hall–Kier alpha value is -1.97. The van der Waals surface area contributed by atoms with E-state index in [9.17, 15) is 0 Å². The standard InChI is InChI=1S/C13H17N3O/c1-8-6-5-7-11(9(8)2)17-13-12(14)10(3)15-16(13)4/h5-7H,14H2,1-4H3. The number of nitrogens with zero attached hydrogens (tertiary/aromatic N) is 2. The van der Waals surface area contributed by atoms with E-state index in [1.807, 2.05) is 33.0 Å². The molecular formula is C13H17N3O. The van der Waals surface area contributed by atoms with Gasteiger partial charge in [-0.3, -0.25) is 0 Å². The van der Waals surface area contributed by atoms with Gasteiger partial charge in [0, 0.05) is 7.05 Å². The molecule has 1 aromatic heterocycles. The molecule has 0 aliphatic heterocycles. The van der Waals surface area contributed by atoms with Crippen LogP contribution in [-0.4, -0.2) is 9.78 Å². The van der Waals surface area contributed by atoms with Gasteiger partial charge < -0.3 is 10.5 Å². The first-order chi connectivity index (χ1) is 8.00. The summed E-state index contributed by atoms with van der Waals surface area (Å²) in [7, 11) is 1.82. The topological polar surface area (TPSA) is 53.1 Å². The molecule has 0 amide bonds. The van der Waals surface area contributed by atoms with Gasteiger partial charge in [0.15, 0.2) is 0 Å². The van der Waals surface area contributed by atoms with Crippen LogP contribution in [0.15, 0.2) is 18.2 Å². The summed E-state index contributed by atoms with van der Waals surface area (Å²) in [5.74, 6) is 1.41. The van der Waals surface area contributed by atoms with Crippen molar-refractivity contribution in [2.24, 2.45) is 7.05 Å². The van der Waals surface area contributed by atoms with Gasteiger partial charge in [-0.15, -0.1) is 0 Å². The Bertz CT molecular complexity index is 558. The van der Waals surface area contributed by atoms with Crippen molar-refractivity contribution in [3.05, 3.63) is 35.0 Å². The van der Waals surface area contributed by atoms with Gasteiger partial charge in [-0.25, -0.2) is 4.68 Å². The molecule has 0 bridgehead atoms. The van der Waals surface area contributed by atoms with Gasteiger partial charge in [0.05, 0.1) is 5.69 Å². The molecule has 0 saturated carbocycles. The van der Waals surface area contributed by atoms with Crippen LogP contribution in [0.1, 0.15) is 16.8 Å². The molecule has 0 atom stereocenters. The minimum atomic E-state index is 0.591. The second-order valence-electron chi connectivity index (χ2n) is 4.23. The van der Waals surface area contributed by atoms with Crippen LogP contribution < -0.4 is 10.5 Å². The summed E-state index contributed by atoms with van der Waals surface area (Å²) in [6, 6.07) is 5.96. The molecule has 0 fully saturated rings. The lowest BCUT2D eigenvalue weighted by Gasteiger charge is -2.10. The first-order valence-electron chi connectivity index (χ1n) is 5.54. The van der Waals surface area contributed by atoms with Crippen molar-refractivity contribution >= 4 is 5.69 Å². The summed E-state index contributed by atoms with van der Waals surface area (Å²) in [4.78, 5) is 0. The van der Waals surface area contributed by atoms with Crippen LogP contribution in [-0.2, 0) is 7.05 Å². The summed E-state index contributed by atoms with van der Waals surface area (Å²) in [5.41, 5.74) is 9.62. The Morgan fingerprint density at radius 3 is 2.53 bits per heavy atom. The highest BCUT2D eigenvalue weighted by Crippen LogP contribution is 2.31. The smallest absolute Gasteiger partial charge is 0.241 e. The monoisotopic (exact) mass is 231 g/mol. The van der Waals surface area contributed by atoms with Crippen molar-refractivity contribution in [3.8, 4) is 11.6 Å². The van der Waals surface area contributed by atoms with E-state index < -0.39 is 0 Å². The fraction of sp³-hybridized carbons (Fsp3) is 0.308. The van der Waals surface area contributed by atoms with Crippen LogP contribution in [0.2, 0.25) is 0 Å². The molecule has 1 aromatic carbocycles. The normalized spacial score (nSPS) is 10.6. The van der Waals surface area contributed by atoms with Crippen molar-refractivity contribution in [2.45, 2.75) is 20.8 Å². The maximum atomic E-state index is 5.93. The molecule has 2 N–H and O–H groups in total. The molecule has 0 radical (unpaired) electrons. The maximum Gasteiger partial charge on any atom is 0.241 e. The molecule has 90 valence electrons. The zero-order chi connectivity index (χ0) is 12.6.